The first kappa shape index (κ1) is 17.9. The van der Waals surface area contributed by atoms with E-state index in [1.165, 1.54) is 0 Å². The van der Waals surface area contributed by atoms with E-state index in [2.05, 4.69) is 0 Å². The molecule has 0 saturated heterocycles. The molecule has 0 bridgehead atoms. The van der Waals surface area contributed by atoms with E-state index in [1.54, 1.807) is 19.2 Å². The molecular weight excluding hydrogens is 304 g/mol. The maximum absolute atomic E-state index is 11.7. The van der Waals surface area contributed by atoms with Crippen LogP contribution in [0.15, 0.2) is 48.5 Å². The largest absolute Gasteiger partial charge is 0.497 e. The number of hydrogen-bond acceptors (Lipinski definition) is 3. The standard InChI is InChI=1S/C20H24O4/c1-20(2,3)24-16-10-8-14(9-11-16)12-18(19(21)22)15-6-5-7-17(13-15)23-4/h5-11,13,18H,12H2,1-4H3,(H,21,22). The molecule has 0 heterocycles. The summed E-state index contributed by atoms with van der Waals surface area (Å²) >= 11 is 0. The highest BCUT2D eigenvalue weighted by Crippen LogP contribution is 2.26. The molecule has 1 N–H and O–H groups in total. The molecule has 0 radical (unpaired) electrons. The Morgan fingerprint density at radius 3 is 2.29 bits per heavy atom. The van der Waals surface area contributed by atoms with Crippen LogP contribution < -0.4 is 9.47 Å². The van der Waals surface area contributed by atoms with E-state index < -0.39 is 11.9 Å². The zero-order chi connectivity index (χ0) is 17.7. The zero-order valence-electron chi connectivity index (χ0n) is 14.6. The lowest BCUT2D eigenvalue weighted by Crippen LogP contribution is -2.22. The molecule has 1 atom stereocenters. The number of carboxylic acid groups (broad SMARTS) is 1. The quantitative estimate of drug-likeness (QED) is 0.860. The summed E-state index contributed by atoms with van der Waals surface area (Å²) in [5, 5.41) is 9.59. The molecule has 0 amide bonds. The zero-order valence-corrected chi connectivity index (χ0v) is 14.6. The number of rotatable bonds is 6. The fraction of sp³-hybridized carbons (Fsp3) is 0.350. The molecule has 24 heavy (non-hydrogen) atoms. The van der Waals surface area contributed by atoms with Gasteiger partial charge in [0.15, 0.2) is 0 Å². The molecule has 2 aromatic rings. The van der Waals surface area contributed by atoms with Crippen molar-refractivity contribution in [2.24, 2.45) is 0 Å². The lowest BCUT2D eigenvalue weighted by Gasteiger charge is -2.21. The fourth-order valence-corrected chi connectivity index (χ4v) is 2.49. The summed E-state index contributed by atoms with van der Waals surface area (Å²) in [7, 11) is 1.57. The van der Waals surface area contributed by atoms with Crippen LogP contribution in [0.4, 0.5) is 0 Å². The molecule has 4 heteroatoms. The third-order valence-electron chi connectivity index (χ3n) is 3.58. The number of aliphatic carboxylic acids is 1. The van der Waals surface area contributed by atoms with Crippen molar-refractivity contribution in [3.63, 3.8) is 0 Å². The van der Waals surface area contributed by atoms with Crippen LogP contribution in [0.25, 0.3) is 0 Å². The Morgan fingerprint density at radius 2 is 1.75 bits per heavy atom. The minimum Gasteiger partial charge on any atom is -0.497 e. The van der Waals surface area contributed by atoms with E-state index >= 15 is 0 Å². The van der Waals surface area contributed by atoms with Gasteiger partial charge < -0.3 is 14.6 Å². The highest BCUT2D eigenvalue weighted by Gasteiger charge is 2.21. The Bertz CT molecular complexity index is 684. The van der Waals surface area contributed by atoms with Crippen molar-refractivity contribution >= 4 is 5.97 Å². The molecule has 0 fully saturated rings. The Labute approximate surface area is 143 Å². The van der Waals surface area contributed by atoms with E-state index in [-0.39, 0.29) is 5.60 Å². The molecule has 2 rings (SSSR count). The predicted octanol–water partition coefficient (Wildman–Crippen LogP) is 4.28. The van der Waals surface area contributed by atoms with Crippen molar-refractivity contribution in [1.29, 1.82) is 0 Å². The smallest absolute Gasteiger partial charge is 0.311 e. The van der Waals surface area contributed by atoms with Gasteiger partial charge in [-0.1, -0.05) is 24.3 Å². The van der Waals surface area contributed by atoms with Crippen LogP contribution in [0.5, 0.6) is 11.5 Å². The number of hydrogen-bond donors (Lipinski definition) is 1. The van der Waals surface area contributed by atoms with Crippen LogP contribution in [-0.4, -0.2) is 23.8 Å². The van der Waals surface area contributed by atoms with Gasteiger partial charge in [-0.15, -0.1) is 0 Å². The van der Waals surface area contributed by atoms with Crippen LogP contribution in [0.2, 0.25) is 0 Å². The van der Waals surface area contributed by atoms with Crippen LogP contribution in [0.3, 0.4) is 0 Å². The predicted molar refractivity (Wildman–Crippen MR) is 93.9 cm³/mol. The summed E-state index contributed by atoms with van der Waals surface area (Å²) in [6, 6.07) is 14.8. The normalized spacial score (nSPS) is 12.5. The van der Waals surface area contributed by atoms with Crippen LogP contribution in [0, 0.1) is 0 Å². The van der Waals surface area contributed by atoms with Crippen LogP contribution >= 0.6 is 0 Å². The van der Waals surface area contributed by atoms with Crippen molar-refractivity contribution in [1.82, 2.24) is 0 Å². The first-order valence-corrected chi connectivity index (χ1v) is 7.93. The minimum absolute atomic E-state index is 0.258. The van der Waals surface area contributed by atoms with Crippen molar-refractivity contribution < 1.29 is 19.4 Å². The summed E-state index contributed by atoms with van der Waals surface area (Å²) in [5.74, 6) is -0.0278. The molecule has 2 aromatic carbocycles. The lowest BCUT2D eigenvalue weighted by molar-refractivity contribution is -0.138. The topological polar surface area (TPSA) is 55.8 Å². The Morgan fingerprint density at radius 1 is 1.08 bits per heavy atom. The van der Waals surface area contributed by atoms with Crippen molar-refractivity contribution in [3.8, 4) is 11.5 Å². The SMILES string of the molecule is COc1cccc(C(Cc2ccc(OC(C)(C)C)cc2)C(=O)O)c1. The molecule has 0 spiro atoms. The van der Waals surface area contributed by atoms with Crippen LogP contribution in [0.1, 0.15) is 37.8 Å². The van der Waals surface area contributed by atoms with Gasteiger partial charge in [-0.2, -0.15) is 0 Å². The van der Waals surface area contributed by atoms with Gasteiger partial charge in [0.05, 0.1) is 13.0 Å². The molecule has 1 unspecified atom stereocenters. The summed E-state index contributed by atoms with van der Waals surface area (Å²) in [6.07, 6.45) is 0.415. The number of carboxylic acids is 1. The maximum atomic E-state index is 11.7. The maximum Gasteiger partial charge on any atom is 0.311 e. The van der Waals surface area contributed by atoms with Gasteiger partial charge in [0, 0.05) is 0 Å². The van der Waals surface area contributed by atoms with Gasteiger partial charge in [0.25, 0.3) is 0 Å². The van der Waals surface area contributed by atoms with Crippen molar-refractivity contribution in [2.45, 2.75) is 38.7 Å². The second-order valence-corrected chi connectivity index (χ2v) is 6.73. The molecule has 0 aromatic heterocycles. The number of ether oxygens (including phenoxy) is 2. The van der Waals surface area contributed by atoms with Gasteiger partial charge in [-0.05, 0) is 62.6 Å². The second-order valence-electron chi connectivity index (χ2n) is 6.73. The molecule has 128 valence electrons. The first-order chi connectivity index (χ1) is 11.3. The van der Waals surface area contributed by atoms with E-state index in [9.17, 15) is 9.90 Å². The lowest BCUT2D eigenvalue weighted by atomic mass is 9.92. The fourth-order valence-electron chi connectivity index (χ4n) is 2.49. The van der Waals surface area contributed by atoms with E-state index in [4.69, 9.17) is 9.47 Å². The van der Waals surface area contributed by atoms with Gasteiger partial charge >= 0.3 is 5.97 Å². The third-order valence-corrected chi connectivity index (χ3v) is 3.58. The molecule has 0 aliphatic heterocycles. The molecule has 0 saturated carbocycles. The van der Waals surface area contributed by atoms with E-state index in [0.29, 0.717) is 12.2 Å². The summed E-state index contributed by atoms with van der Waals surface area (Å²) < 4.78 is 11.0. The van der Waals surface area contributed by atoms with Crippen LogP contribution in [-0.2, 0) is 11.2 Å². The minimum atomic E-state index is -0.849. The average molecular weight is 328 g/mol. The summed E-state index contributed by atoms with van der Waals surface area (Å²) in [4.78, 5) is 11.7. The van der Waals surface area contributed by atoms with Crippen molar-refractivity contribution in [2.75, 3.05) is 7.11 Å². The Hall–Kier alpha value is -2.49. The number of carbonyl (C=O) groups is 1. The Kier molecular flexibility index (Phi) is 5.50. The average Bonchev–Trinajstić information content (AvgIpc) is 2.52. The summed E-state index contributed by atoms with van der Waals surface area (Å²) in [5.41, 5.74) is 1.43. The van der Waals surface area contributed by atoms with Gasteiger partial charge in [0.2, 0.25) is 0 Å². The Balaban J connectivity index is 2.17. The van der Waals surface area contributed by atoms with Gasteiger partial charge in [0.1, 0.15) is 17.1 Å². The summed E-state index contributed by atoms with van der Waals surface area (Å²) in [6.45, 7) is 5.97. The molecular formula is C20H24O4. The van der Waals surface area contributed by atoms with E-state index in [0.717, 1.165) is 16.9 Å². The van der Waals surface area contributed by atoms with Gasteiger partial charge in [-0.3, -0.25) is 4.79 Å². The monoisotopic (exact) mass is 328 g/mol. The van der Waals surface area contributed by atoms with Gasteiger partial charge in [-0.25, -0.2) is 0 Å². The number of benzene rings is 2. The van der Waals surface area contributed by atoms with E-state index in [1.807, 2.05) is 57.2 Å². The second kappa shape index (κ2) is 7.39. The first-order valence-electron chi connectivity index (χ1n) is 7.93. The third kappa shape index (κ3) is 5.01. The number of methoxy groups -OCH3 is 1. The molecule has 0 aliphatic carbocycles. The highest BCUT2D eigenvalue weighted by molar-refractivity contribution is 5.76. The highest BCUT2D eigenvalue weighted by atomic mass is 16.5. The van der Waals surface area contributed by atoms with Crippen molar-refractivity contribution in [3.05, 3.63) is 59.7 Å². The molecule has 4 nitrogen and oxygen atoms in total. The molecule has 0 aliphatic rings.